The van der Waals surface area contributed by atoms with Crippen molar-refractivity contribution >= 4 is 28.9 Å². The third-order valence-corrected chi connectivity index (χ3v) is 3.39. The average molecular weight is 371 g/mol. The van der Waals surface area contributed by atoms with E-state index in [1.165, 1.54) is 24.3 Å². The third kappa shape index (κ3) is 4.80. The number of nitrogens with zero attached hydrogens (tertiary/aromatic N) is 4. The van der Waals surface area contributed by atoms with Crippen molar-refractivity contribution in [3.05, 3.63) is 60.4 Å². The van der Waals surface area contributed by atoms with E-state index in [9.17, 15) is 9.18 Å². The topological polar surface area (TPSA) is 96.8 Å². The fourth-order valence-electron chi connectivity index (χ4n) is 2.00. The highest BCUT2D eigenvalue weighted by atomic mass is 32.1. The predicted octanol–water partition coefficient (Wildman–Crippen LogP) is 1.50. The first kappa shape index (κ1) is 17.4. The van der Waals surface area contributed by atoms with Crippen molar-refractivity contribution < 1.29 is 9.18 Å². The van der Waals surface area contributed by atoms with E-state index in [0.717, 1.165) is 10.5 Å². The Balaban J connectivity index is 1.49. The van der Waals surface area contributed by atoms with E-state index in [-0.39, 0.29) is 17.5 Å². The van der Waals surface area contributed by atoms with Gasteiger partial charge in [-0.05, 0) is 53.8 Å². The van der Waals surface area contributed by atoms with Crippen LogP contribution in [0.2, 0.25) is 0 Å². The van der Waals surface area contributed by atoms with Gasteiger partial charge in [0.2, 0.25) is 5.82 Å². The van der Waals surface area contributed by atoms with Gasteiger partial charge >= 0.3 is 0 Å². The quantitative estimate of drug-likeness (QED) is 0.472. The van der Waals surface area contributed by atoms with Crippen molar-refractivity contribution in [3.8, 4) is 11.4 Å². The molecule has 1 heterocycles. The lowest BCUT2D eigenvalue weighted by atomic mass is 10.2. The maximum absolute atomic E-state index is 12.9. The number of nitrogens with one attached hydrogen (secondary N) is 3. The van der Waals surface area contributed by atoms with Crippen LogP contribution in [0.1, 0.15) is 0 Å². The molecule has 0 saturated carbocycles. The molecular weight excluding hydrogens is 357 g/mol. The Bertz CT molecular complexity index is 898. The summed E-state index contributed by atoms with van der Waals surface area (Å²) in [6.45, 7) is -0.158. The molecule has 0 radical (unpaired) electrons. The zero-order chi connectivity index (χ0) is 18.4. The van der Waals surface area contributed by atoms with E-state index in [0.29, 0.717) is 11.4 Å². The summed E-state index contributed by atoms with van der Waals surface area (Å²) >= 11 is 5.08. The van der Waals surface area contributed by atoms with Gasteiger partial charge in [0.1, 0.15) is 12.4 Å². The number of carbonyl (C=O) groups is 1. The number of rotatable bonds is 4. The van der Waals surface area contributed by atoms with Crippen molar-refractivity contribution in [2.45, 2.75) is 6.54 Å². The molecule has 0 aliphatic heterocycles. The minimum Gasteiger partial charge on any atom is -0.331 e. The lowest BCUT2D eigenvalue weighted by Gasteiger charge is -2.11. The Morgan fingerprint density at radius 3 is 2.54 bits per heavy atom. The van der Waals surface area contributed by atoms with Crippen LogP contribution >= 0.6 is 12.2 Å². The van der Waals surface area contributed by atoms with Crippen LogP contribution in [0.15, 0.2) is 54.6 Å². The van der Waals surface area contributed by atoms with Gasteiger partial charge in [-0.3, -0.25) is 15.6 Å². The normalized spacial score (nSPS) is 10.2. The number of benzene rings is 2. The molecule has 3 rings (SSSR count). The molecule has 2 aromatic carbocycles. The van der Waals surface area contributed by atoms with E-state index < -0.39 is 5.91 Å². The van der Waals surface area contributed by atoms with Gasteiger partial charge in [-0.1, -0.05) is 18.2 Å². The Labute approximate surface area is 153 Å². The standard InChI is InChI=1S/C16H14FN7OS/c17-12-8-6-11(7-9-12)15-20-23-24(22-15)10-14(25)19-21-16(26)18-13-4-2-1-3-5-13/h1-9H,10H2,(H,19,25)(H2,18,21,26). The molecule has 132 valence electrons. The molecule has 0 spiro atoms. The number of thiocarbonyl (C=S) groups is 1. The van der Waals surface area contributed by atoms with Gasteiger partial charge < -0.3 is 5.32 Å². The molecule has 0 unspecified atom stereocenters. The minimum atomic E-state index is -0.412. The van der Waals surface area contributed by atoms with E-state index >= 15 is 0 Å². The number of tetrazole rings is 1. The van der Waals surface area contributed by atoms with Crippen LogP contribution in [0.4, 0.5) is 10.1 Å². The summed E-state index contributed by atoms with van der Waals surface area (Å²) in [5.41, 5.74) is 6.42. The van der Waals surface area contributed by atoms with Gasteiger partial charge in [-0.15, -0.1) is 10.2 Å². The first-order chi connectivity index (χ1) is 12.6. The molecule has 0 aliphatic rings. The number of anilines is 1. The largest absolute Gasteiger partial charge is 0.331 e. The van der Waals surface area contributed by atoms with Gasteiger partial charge in [0.25, 0.3) is 5.91 Å². The lowest BCUT2D eigenvalue weighted by Crippen LogP contribution is -2.45. The average Bonchev–Trinajstić information content (AvgIpc) is 3.10. The highest BCUT2D eigenvalue weighted by Crippen LogP contribution is 2.13. The summed E-state index contributed by atoms with van der Waals surface area (Å²) in [6.07, 6.45) is 0. The van der Waals surface area contributed by atoms with Gasteiger partial charge in [0.15, 0.2) is 5.11 Å². The second-order valence-corrected chi connectivity index (χ2v) is 5.55. The van der Waals surface area contributed by atoms with Crippen LogP contribution in [-0.4, -0.2) is 31.2 Å². The van der Waals surface area contributed by atoms with E-state index in [4.69, 9.17) is 12.2 Å². The van der Waals surface area contributed by atoms with Crippen LogP contribution in [0, 0.1) is 5.82 Å². The number of hydrazine groups is 1. The molecule has 10 heteroatoms. The first-order valence-corrected chi connectivity index (χ1v) is 7.95. The molecule has 0 fully saturated rings. The number of aromatic nitrogens is 4. The molecule has 0 atom stereocenters. The summed E-state index contributed by atoms with van der Waals surface area (Å²) in [5.74, 6) is -0.469. The van der Waals surface area contributed by atoms with Crippen LogP contribution in [0.3, 0.4) is 0 Å². The number of amides is 1. The van der Waals surface area contributed by atoms with Crippen LogP contribution in [0.5, 0.6) is 0 Å². The minimum absolute atomic E-state index is 0.158. The molecule has 8 nitrogen and oxygen atoms in total. The van der Waals surface area contributed by atoms with Crippen molar-refractivity contribution in [2.75, 3.05) is 5.32 Å². The number of halogens is 1. The molecule has 3 N–H and O–H groups in total. The molecule has 26 heavy (non-hydrogen) atoms. The van der Waals surface area contributed by atoms with Crippen LogP contribution in [-0.2, 0) is 11.3 Å². The summed E-state index contributed by atoms with van der Waals surface area (Å²) in [5, 5.41) is 14.9. The summed E-state index contributed by atoms with van der Waals surface area (Å²) in [4.78, 5) is 13.0. The highest BCUT2D eigenvalue weighted by molar-refractivity contribution is 7.80. The Morgan fingerprint density at radius 1 is 1.08 bits per heavy atom. The molecule has 1 amide bonds. The first-order valence-electron chi connectivity index (χ1n) is 7.55. The SMILES string of the molecule is O=C(Cn1nnc(-c2ccc(F)cc2)n1)NNC(=S)Nc1ccccc1. The van der Waals surface area contributed by atoms with E-state index in [1.807, 2.05) is 30.3 Å². The number of para-hydroxylation sites is 1. The van der Waals surface area contributed by atoms with Gasteiger partial charge in [-0.2, -0.15) is 4.80 Å². The summed E-state index contributed by atoms with van der Waals surface area (Å²) in [7, 11) is 0. The summed E-state index contributed by atoms with van der Waals surface area (Å²) in [6, 6.07) is 14.9. The zero-order valence-electron chi connectivity index (χ0n) is 13.4. The van der Waals surface area contributed by atoms with E-state index in [1.54, 1.807) is 0 Å². The molecule has 0 saturated heterocycles. The van der Waals surface area contributed by atoms with Gasteiger partial charge in [0, 0.05) is 11.3 Å². The Morgan fingerprint density at radius 2 is 1.81 bits per heavy atom. The number of hydrogen-bond donors (Lipinski definition) is 3. The van der Waals surface area contributed by atoms with Crippen molar-refractivity contribution in [2.24, 2.45) is 0 Å². The predicted molar refractivity (Wildman–Crippen MR) is 97.2 cm³/mol. The second-order valence-electron chi connectivity index (χ2n) is 5.14. The lowest BCUT2D eigenvalue weighted by molar-refractivity contribution is -0.122. The highest BCUT2D eigenvalue weighted by Gasteiger charge is 2.09. The van der Waals surface area contributed by atoms with Crippen LogP contribution < -0.4 is 16.2 Å². The fraction of sp³-hybridized carbons (Fsp3) is 0.0625. The smallest absolute Gasteiger partial charge is 0.262 e. The monoisotopic (exact) mass is 371 g/mol. The van der Waals surface area contributed by atoms with E-state index in [2.05, 4.69) is 31.6 Å². The molecule has 3 aromatic rings. The summed E-state index contributed by atoms with van der Waals surface area (Å²) < 4.78 is 12.9. The zero-order valence-corrected chi connectivity index (χ0v) is 14.2. The second kappa shape index (κ2) is 8.12. The van der Waals surface area contributed by atoms with Crippen molar-refractivity contribution in [3.63, 3.8) is 0 Å². The number of hydrogen-bond acceptors (Lipinski definition) is 5. The Hall–Kier alpha value is -3.40. The molecule has 0 aliphatic carbocycles. The maximum atomic E-state index is 12.9. The maximum Gasteiger partial charge on any atom is 0.262 e. The van der Waals surface area contributed by atoms with Crippen molar-refractivity contribution in [1.29, 1.82) is 0 Å². The fourth-order valence-corrected chi connectivity index (χ4v) is 2.17. The number of carbonyl (C=O) groups excluding carboxylic acids is 1. The molecular formula is C16H14FN7OS. The van der Waals surface area contributed by atoms with Gasteiger partial charge in [0.05, 0.1) is 0 Å². The Kier molecular flexibility index (Phi) is 5.44. The van der Waals surface area contributed by atoms with Gasteiger partial charge in [-0.25, -0.2) is 4.39 Å². The third-order valence-electron chi connectivity index (χ3n) is 3.19. The molecule has 0 bridgehead atoms. The molecule has 1 aromatic heterocycles. The van der Waals surface area contributed by atoms with Crippen LogP contribution in [0.25, 0.3) is 11.4 Å². The van der Waals surface area contributed by atoms with Crippen molar-refractivity contribution in [1.82, 2.24) is 31.1 Å².